The molecule has 0 heterocycles. The first-order chi connectivity index (χ1) is 9.99. The Kier molecular flexibility index (Phi) is 4.76. The van der Waals surface area contributed by atoms with Crippen molar-refractivity contribution in [2.45, 2.75) is 33.4 Å². The van der Waals surface area contributed by atoms with E-state index in [0.717, 1.165) is 17.7 Å². The molecule has 0 aliphatic carbocycles. The fourth-order valence-electron chi connectivity index (χ4n) is 2.42. The summed E-state index contributed by atoms with van der Waals surface area (Å²) in [6.45, 7) is 6.78. The molecule has 0 spiro atoms. The maximum Gasteiger partial charge on any atom is 0.336 e. The Hall–Kier alpha value is -2.13. The quantitative estimate of drug-likeness (QED) is 0.876. The van der Waals surface area contributed by atoms with Gasteiger partial charge in [-0.15, -0.1) is 0 Å². The molecule has 3 nitrogen and oxygen atoms in total. The van der Waals surface area contributed by atoms with E-state index in [-0.39, 0.29) is 6.04 Å². The monoisotopic (exact) mass is 283 g/mol. The molecule has 110 valence electrons. The second-order valence-corrected chi connectivity index (χ2v) is 5.42. The van der Waals surface area contributed by atoms with Crippen LogP contribution in [0.15, 0.2) is 42.5 Å². The topological polar surface area (TPSA) is 49.3 Å². The van der Waals surface area contributed by atoms with Gasteiger partial charge < -0.3 is 10.4 Å². The number of hydrogen-bond acceptors (Lipinski definition) is 2. The van der Waals surface area contributed by atoms with Gasteiger partial charge in [0.2, 0.25) is 0 Å². The van der Waals surface area contributed by atoms with E-state index in [1.165, 1.54) is 11.1 Å². The molecule has 3 heteroatoms. The van der Waals surface area contributed by atoms with Gasteiger partial charge in [-0.25, -0.2) is 4.79 Å². The van der Waals surface area contributed by atoms with Crippen LogP contribution in [-0.4, -0.2) is 11.1 Å². The second kappa shape index (κ2) is 6.55. The van der Waals surface area contributed by atoms with Gasteiger partial charge in [0.1, 0.15) is 0 Å². The Bertz CT molecular complexity index is 649. The standard InChI is InChI=1S/C18H21NO2/c1-12-8-9-16(18(20)21)17(10-12)14(3)19-11-15-7-5-4-6-13(15)2/h4-10,14,19H,11H2,1-3H3,(H,20,21). The number of benzene rings is 2. The number of hydrogen-bond donors (Lipinski definition) is 2. The van der Waals surface area contributed by atoms with Crippen molar-refractivity contribution in [3.8, 4) is 0 Å². The molecule has 2 aromatic rings. The van der Waals surface area contributed by atoms with Crippen LogP contribution in [0.1, 0.15) is 45.6 Å². The molecule has 1 atom stereocenters. The Morgan fingerprint density at radius 1 is 1.19 bits per heavy atom. The minimum absolute atomic E-state index is 0.0180. The summed E-state index contributed by atoms with van der Waals surface area (Å²) in [5, 5.41) is 12.7. The maximum atomic E-state index is 11.3. The molecule has 2 aromatic carbocycles. The molecule has 21 heavy (non-hydrogen) atoms. The molecular formula is C18H21NO2. The van der Waals surface area contributed by atoms with Crippen molar-refractivity contribution < 1.29 is 9.90 Å². The molecule has 0 aliphatic heterocycles. The fraction of sp³-hybridized carbons (Fsp3) is 0.278. The third-order valence-corrected chi connectivity index (χ3v) is 3.76. The maximum absolute atomic E-state index is 11.3. The van der Waals surface area contributed by atoms with E-state index < -0.39 is 5.97 Å². The van der Waals surface area contributed by atoms with Crippen LogP contribution in [0.3, 0.4) is 0 Å². The first-order valence-electron chi connectivity index (χ1n) is 7.10. The number of carboxylic acids is 1. The van der Waals surface area contributed by atoms with Gasteiger partial charge in [0, 0.05) is 12.6 Å². The molecule has 0 amide bonds. The first kappa shape index (κ1) is 15.3. The summed E-state index contributed by atoms with van der Waals surface area (Å²) in [7, 11) is 0. The highest BCUT2D eigenvalue weighted by atomic mass is 16.4. The lowest BCUT2D eigenvalue weighted by atomic mass is 9.98. The van der Waals surface area contributed by atoms with Gasteiger partial charge in [-0.05, 0) is 43.5 Å². The van der Waals surface area contributed by atoms with Crippen molar-refractivity contribution in [3.63, 3.8) is 0 Å². The predicted molar refractivity (Wildman–Crippen MR) is 84.6 cm³/mol. The summed E-state index contributed by atoms with van der Waals surface area (Å²) in [5.74, 6) is -0.880. The molecule has 0 radical (unpaired) electrons. The Morgan fingerprint density at radius 2 is 1.90 bits per heavy atom. The van der Waals surface area contributed by atoms with Crippen molar-refractivity contribution in [1.82, 2.24) is 5.32 Å². The van der Waals surface area contributed by atoms with Crippen molar-refractivity contribution in [2.75, 3.05) is 0 Å². The average molecular weight is 283 g/mol. The molecule has 2 N–H and O–H groups in total. The van der Waals surface area contributed by atoms with E-state index in [9.17, 15) is 9.90 Å². The van der Waals surface area contributed by atoms with Gasteiger partial charge in [0.15, 0.2) is 0 Å². The summed E-state index contributed by atoms with van der Waals surface area (Å²) in [6.07, 6.45) is 0. The van der Waals surface area contributed by atoms with E-state index >= 15 is 0 Å². The smallest absolute Gasteiger partial charge is 0.336 e. The van der Waals surface area contributed by atoms with Gasteiger partial charge in [-0.1, -0.05) is 42.0 Å². The zero-order chi connectivity index (χ0) is 15.4. The van der Waals surface area contributed by atoms with Gasteiger partial charge in [0.05, 0.1) is 5.56 Å². The van der Waals surface area contributed by atoms with Gasteiger partial charge in [0.25, 0.3) is 0 Å². The zero-order valence-electron chi connectivity index (χ0n) is 12.7. The predicted octanol–water partition coefficient (Wildman–Crippen LogP) is 3.85. The van der Waals surface area contributed by atoms with E-state index in [1.54, 1.807) is 6.07 Å². The van der Waals surface area contributed by atoms with Crippen LogP contribution in [0.2, 0.25) is 0 Å². The summed E-state index contributed by atoms with van der Waals surface area (Å²) >= 11 is 0. The summed E-state index contributed by atoms with van der Waals surface area (Å²) < 4.78 is 0. The number of aromatic carboxylic acids is 1. The molecule has 2 rings (SSSR count). The lowest BCUT2D eigenvalue weighted by Gasteiger charge is -2.18. The minimum atomic E-state index is -0.880. The lowest BCUT2D eigenvalue weighted by molar-refractivity contribution is 0.0695. The highest BCUT2D eigenvalue weighted by Crippen LogP contribution is 2.20. The Labute approximate surface area is 125 Å². The third-order valence-electron chi connectivity index (χ3n) is 3.76. The molecule has 1 unspecified atom stereocenters. The second-order valence-electron chi connectivity index (χ2n) is 5.42. The van der Waals surface area contributed by atoms with Crippen molar-refractivity contribution >= 4 is 5.97 Å². The first-order valence-corrected chi connectivity index (χ1v) is 7.10. The van der Waals surface area contributed by atoms with Crippen LogP contribution in [0.4, 0.5) is 0 Å². The van der Waals surface area contributed by atoms with E-state index in [0.29, 0.717) is 5.56 Å². The summed E-state index contributed by atoms with van der Waals surface area (Å²) in [6, 6.07) is 13.6. The normalized spacial score (nSPS) is 12.1. The minimum Gasteiger partial charge on any atom is -0.478 e. The van der Waals surface area contributed by atoms with Gasteiger partial charge >= 0.3 is 5.97 Å². The number of aryl methyl sites for hydroxylation is 2. The Morgan fingerprint density at radius 3 is 2.57 bits per heavy atom. The molecule has 0 saturated heterocycles. The van der Waals surface area contributed by atoms with Crippen molar-refractivity contribution in [2.24, 2.45) is 0 Å². The SMILES string of the molecule is Cc1ccc(C(=O)O)c(C(C)NCc2ccccc2C)c1. The van der Waals surface area contributed by atoms with Crippen LogP contribution in [-0.2, 0) is 6.54 Å². The van der Waals surface area contributed by atoms with Crippen molar-refractivity contribution in [1.29, 1.82) is 0 Å². The summed E-state index contributed by atoms with van der Waals surface area (Å²) in [4.78, 5) is 11.3. The lowest BCUT2D eigenvalue weighted by Crippen LogP contribution is -2.21. The molecule has 0 bridgehead atoms. The van der Waals surface area contributed by atoms with E-state index in [1.807, 2.05) is 38.1 Å². The van der Waals surface area contributed by atoms with Crippen LogP contribution >= 0.6 is 0 Å². The van der Waals surface area contributed by atoms with Gasteiger partial charge in [-0.2, -0.15) is 0 Å². The molecule has 0 aliphatic rings. The highest BCUT2D eigenvalue weighted by Gasteiger charge is 2.15. The van der Waals surface area contributed by atoms with Crippen LogP contribution in [0.25, 0.3) is 0 Å². The van der Waals surface area contributed by atoms with Crippen LogP contribution in [0, 0.1) is 13.8 Å². The van der Waals surface area contributed by atoms with E-state index in [2.05, 4.69) is 24.4 Å². The number of carboxylic acid groups (broad SMARTS) is 1. The third kappa shape index (κ3) is 3.70. The number of nitrogens with one attached hydrogen (secondary N) is 1. The molecule has 0 fully saturated rings. The number of carbonyl (C=O) groups is 1. The van der Waals surface area contributed by atoms with Crippen LogP contribution in [0.5, 0.6) is 0 Å². The van der Waals surface area contributed by atoms with E-state index in [4.69, 9.17) is 0 Å². The number of rotatable bonds is 5. The molecule has 0 aromatic heterocycles. The molecular weight excluding hydrogens is 262 g/mol. The molecule has 0 saturated carbocycles. The zero-order valence-corrected chi connectivity index (χ0v) is 12.7. The summed E-state index contributed by atoms with van der Waals surface area (Å²) in [5.41, 5.74) is 4.73. The van der Waals surface area contributed by atoms with Gasteiger partial charge in [-0.3, -0.25) is 0 Å². The average Bonchev–Trinajstić information content (AvgIpc) is 2.45. The highest BCUT2D eigenvalue weighted by molar-refractivity contribution is 5.89. The fourth-order valence-corrected chi connectivity index (χ4v) is 2.42. The largest absolute Gasteiger partial charge is 0.478 e. The van der Waals surface area contributed by atoms with Crippen molar-refractivity contribution in [3.05, 3.63) is 70.3 Å². The Balaban J connectivity index is 2.17. The van der Waals surface area contributed by atoms with Crippen LogP contribution < -0.4 is 5.32 Å².